The van der Waals surface area contributed by atoms with Gasteiger partial charge in [0.1, 0.15) is 4.67 Å². The summed E-state index contributed by atoms with van der Waals surface area (Å²) in [5.74, 6) is 0. The number of aryl methyl sites for hydroxylation is 4. The van der Waals surface area contributed by atoms with E-state index in [0.717, 1.165) is 10.4 Å². The van der Waals surface area contributed by atoms with Crippen molar-refractivity contribution in [1.82, 2.24) is 0 Å². The van der Waals surface area contributed by atoms with Gasteiger partial charge in [0.15, 0.2) is 0 Å². The summed E-state index contributed by atoms with van der Waals surface area (Å²) in [4.78, 5) is 6.42. The van der Waals surface area contributed by atoms with E-state index in [2.05, 4.69) is 77.2 Å². The predicted octanol–water partition coefficient (Wildman–Crippen LogP) is 6.60. The molecule has 26 heavy (non-hydrogen) atoms. The van der Waals surface area contributed by atoms with E-state index in [0.29, 0.717) is 0 Å². The van der Waals surface area contributed by atoms with Gasteiger partial charge in [-0.3, -0.25) is 0 Å². The first-order chi connectivity index (χ1) is 12.3. The topological polar surface area (TPSA) is 24.4 Å². The van der Waals surface area contributed by atoms with Crippen molar-refractivity contribution in [3.8, 4) is 11.1 Å². The SMILES string of the molecule is Cc1cc(C)c2c(c1)-c1c(ssc1=Nc1ccc(C)c(C)c1)C(C)(C)N2. The molecule has 4 heteroatoms. The fourth-order valence-electron chi connectivity index (χ4n) is 3.60. The molecule has 0 amide bonds. The number of fused-ring (bicyclic) bond motifs is 3. The van der Waals surface area contributed by atoms with Crippen molar-refractivity contribution < 1.29 is 0 Å². The minimum Gasteiger partial charge on any atom is -0.374 e. The molecule has 1 aliphatic heterocycles. The smallest absolute Gasteiger partial charge is 0.135 e. The standard InChI is InChI=1S/C22H24N2S2/c1-12-9-15(4)19-17(10-12)18-20(22(5,6)24-19)25-26-21(18)23-16-8-7-13(2)14(3)11-16/h7-11,24H,1-6H3. The average Bonchev–Trinajstić information content (AvgIpc) is 2.97. The van der Waals surface area contributed by atoms with Gasteiger partial charge in [0, 0.05) is 16.8 Å². The molecule has 0 radical (unpaired) electrons. The van der Waals surface area contributed by atoms with E-state index in [1.807, 2.05) is 10.3 Å². The predicted molar refractivity (Wildman–Crippen MR) is 115 cm³/mol. The number of rotatable bonds is 1. The van der Waals surface area contributed by atoms with Crippen LogP contribution in [0.3, 0.4) is 0 Å². The van der Waals surface area contributed by atoms with Crippen molar-refractivity contribution in [1.29, 1.82) is 0 Å². The molecule has 1 aromatic heterocycles. The van der Waals surface area contributed by atoms with Gasteiger partial charge in [0.2, 0.25) is 0 Å². The van der Waals surface area contributed by atoms with Gasteiger partial charge in [0.25, 0.3) is 0 Å². The van der Waals surface area contributed by atoms with Crippen LogP contribution in [0.5, 0.6) is 0 Å². The summed E-state index contributed by atoms with van der Waals surface area (Å²) >= 11 is 0. The summed E-state index contributed by atoms with van der Waals surface area (Å²) in [6.07, 6.45) is 0. The molecule has 0 bridgehead atoms. The highest BCUT2D eigenvalue weighted by Gasteiger charge is 2.34. The Morgan fingerprint density at radius 2 is 1.65 bits per heavy atom. The van der Waals surface area contributed by atoms with Gasteiger partial charge in [0.05, 0.1) is 16.1 Å². The number of benzene rings is 2. The summed E-state index contributed by atoms with van der Waals surface area (Å²) < 4.78 is 1.12. The van der Waals surface area contributed by atoms with Crippen LogP contribution in [0.15, 0.2) is 35.3 Å². The van der Waals surface area contributed by atoms with Crippen LogP contribution in [0.25, 0.3) is 11.1 Å². The zero-order valence-electron chi connectivity index (χ0n) is 16.2. The maximum atomic E-state index is 5.04. The molecule has 1 N–H and O–H groups in total. The summed E-state index contributed by atoms with van der Waals surface area (Å²) in [5.41, 5.74) is 9.98. The lowest BCUT2D eigenvalue weighted by Crippen LogP contribution is -2.32. The fraction of sp³-hybridized carbons (Fsp3) is 0.318. The molecule has 1 aliphatic rings. The molecule has 4 rings (SSSR count). The summed E-state index contributed by atoms with van der Waals surface area (Å²) in [5, 5.41) is 3.76. The minimum atomic E-state index is -0.0829. The van der Waals surface area contributed by atoms with Crippen LogP contribution in [-0.4, -0.2) is 0 Å². The molecule has 0 fully saturated rings. The van der Waals surface area contributed by atoms with E-state index in [1.54, 1.807) is 10.3 Å². The maximum absolute atomic E-state index is 5.04. The average molecular weight is 381 g/mol. The highest BCUT2D eigenvalue weighted by atomic mass is 32.9. The molecular formula is C22H24N2S2. The van der Waals surface area contributed by atoms with Gasteiger partial charge in [-0.05, 0) is 76.4 Å². The van der Waals surface area contributed by atoms with Crippen molar-refractivity contribution in [2.24, 2.45) is 4.99 Å². The third kappa shape index (κ3) is 2.81. The number of anilines is 1. The molecule has 0 saturated carbocycles. The van der Waals surface area contributed by atoms with Crippen LogP contribution in [0.2, 0.25) is 0 Å². The lowest BCUT2D eigenvalue weighted by Gasteiger charge is -2.34. The van der Waals surface area contributed by atoms with E-state index < -0.39 is 0 Å². The lowest BCUT2D eigenvalue weighted by atomic mass is 9.87. The largest absolute Gasteiger partial charge is 0.374 e. The summed E-state index contributed by atoms with van der Waals surface area (Å²) in [6.45, 7) is 13.2. The molecule has 0 atom stereocenters. The van der Waals surface area contributed by atoms with Gasteiger partial charge in [-0.2, -0.15) is 0 Å². The molecule has 2 nitrogen and oxygen atoms in total. The van der Waals surface area contributed by atoms with Crippen molar-refractivity contribution in [2.45, 2.75) is 47.1 Å². The van der Waals surface area contributed by atoms with Crippen molar-refractivity contribution in [3.63, 3.8) is 0 Å². The van der Waals surface area contributed by atoms with Gasteiger partial charge >= 0.3 is 0 Å². The lowest BCUT2D eigenvalue weighted by molar-refractivity contribution is 0.618. The molecule has 2 aromatic carbocycles. The van der Waals surface area contributed by atoms with Crippen molar-refractivity contribution >= 4 is 32.1 Å². The van der Waals surface area contributed by atoms with Crippen molar-refractivity contribution in [2.75, 3.05) is 5.32 Å². The second-order valence-electron chi connectivity index (χ2n) is 7.81. The van der Waals surface area contributed by atoms with Gasteiger partial charge in [-0.1, -0.05) is 38.4 Å². The van der Waals surface area contributed by atoms with Crippen LogP contribution in [-0.2, 0) is 5.54 Å². The van der Waals surface area contributed by atoms with Crippen LogP contribution in [0, 0.1) is 27.7 Å². The number of hydrogen-bond donors (Lipinski definition) is 1. The highest BCUT2D eigenvalue weighted by molar-refractivity contribution is 7.68. The molecule has 134 valence electrons. The molecular weight excluding hydrogens is 356 g/mol. The maximum Gasteiger partial charge on any atom is 0.135 e. The zero-order chi connectivity index (χ0) is 18.6. The Balaban J connectivity index is 2.00. The van der Waals surface area contributed by atoms with Crippen molar-refractivity contribution in [3.05, 3.63) is 62.1 Å². The third-order valence-corrected chi connectivity index (χ3v) is 7.76. The Bertz CT molecular complexity index is 1080. The normalized spacial score (nSPS) is 15.4. The van der Waals surface area contributed by atoms with Gasteiger partial charge in [-0.25, -0.2) is 4.99 Å². The Labute approximate surface area is 162 Å². The summed E-state index contributed by atoms with van der Waals surface area (Å²) in [6, 6.07) is 11.0. The molecule has 2 heterocycles. The molecule has 0 unspecified atom stereocenters. The van der Waals surface area contributed by atoms with E-state index in [-0.39, 0.29) is 5.54 Å². The number of nitrogens with one attached hydrogen (secondary N) is 1. The Morgan fingerprint density at radius 3 is 2.38 bits per heavy atom. The van der Waals surface area contributed by atoms with E-state index in [1.165, 1.54) is 43.9 Å². The van der Waals surface area contributed by atoms with Crippen LogP contribution < -0.4 is 9.99 Å². The monoisotopic (exact) mass is 380 g/mol. The second-order valence-corrected chi connectivity index (χ2v) is 9.94. The minimum absolute atomic E-state index is 0.0829. The quantitative estimate of drug-likeness (QED) is 0.472. The van der Waals surface area contributed by atoms with Gasteiger partial charge < -0.3 is 5.32 Å². The molecule has 0 spiro atoms. The van der Waals surface area contributed by atoms with Gasteiger partial charge in [-0.15, -0.1) is 0 Å². The van der Waals surface area contributed by atoms with Crippen LogP contribution >= 0.6 is 20.7 Å². The summed E-state index contributed by atoms with van der Waals surface area (Å²) in [7, 11) is 3.63. The Hall–Kier alpha value is -1.91. The van der Waals surface area contributed by atoms with E-state index in [9.17, 15) is 0 Å². The Kier molecular flexibility index (Phi) is 4.08. The van der Waals surface area contributed by atoms with Crippen LogP contribution in [0.4, 0.5) is 11.4 Å². The van der Waals surface area contributed by atoms with E-state index >= 15 is 0 Å². The zero-order valence-corrected chi connectivity index (χ0v) is 17.8. The van der Waals surface area contributed by atoms with Crippen LogP contribution in [0.1, 0.15) is 41.0 Å². The Morgan fingerprint density at radius 1 is 0.885 bits per heavy atom. The molecule has 0 aliphatic carbocycles. The fourth-order valence-corrected chi connectivity index (χ4v) is 6.54. The number of hydrogen-bond acceptors (Lipinski definition) is 4. The second kappa shape index (κ2) is 6.07. The third-order valence-electron chi connectivity index (χ3n) is 5.12. The first-order valence-electron chi connectivity index (χ1n) is 8.91. The highest BCUT2D eigenvalue weighted by Crippen LogP contribution is 2.46. The first kappa shape index (κ1) is 17.5. The van der Waals surface area contributed by atoms with E-state index in [4.69, 9.17) is 4.99 Å². The number of nitrogens with zero attached hydrogens (tertiary/aromatic N) is 1. The molecule has 0 saturated heterocycles. The first-order valence-corrected chi connectivity index (χ1v) is 11.1. The molecule has 3 aromatic rings.